The third-order valence-corrected chi connectivity index (χ3v) is 4.29. The summed E-state index contributed by atoms with van der Waals surface area (Å²) in [4.78, 5) is 23.5. The van der Waals surface area contributed by atoms with Gasteiger partial charge in [-0.2, -0.15) is 0 Å². The highest BCUT2D eigenvalue weighted by molar-refractivity contribution is 6.02. The van der Waals surface area contributed by atoms with Crippen LogP contribution in [0.4, 0.5) is 11.4 Å². The van der Waals surface area contributed by atoms with Gasteiger partial charge in [-0.1, -0.05) is 13.8 Å². The van der Waals surface area contributed by atoms with Crippen molar-refractivity contribution in [3.63, 3.8) is 0 Å². The molecule has 0 spiro atoms. The van der Waals surface area contributed by atoms with Gasteiger partial charge in [-0.15, -0.1) is 0 Å². The van der Waals surface area contributed by atoms with Crippen molar-refractivity contribution in [3.8, 4) is 5.75 Å². The molecule has 144 valence electrons. The molecule has 0 fully saturated rings. The first-order chi connectivity index (χ1) is 12.5. The number of rotatable bonds is 10. The average molecular weight is 363 g/mol. The molecule has 0 saturated heterocycles. The second kappa shape index (κ2) is 10.1. The molecule has 1 aliphatic rings. The van der Waals surface area contributed by atoms with E-state index < -0.39 is 0 Å². The van der Waals surface area contributed by atoms with Crippen molar-refractivity contribution in [3.05, 3.63) is 17.7 Å². The van der Waals surface area contributed by atoms with E-state index in [0.29, 0.717) is 37.2 Å². The average Bonchev–Trinajstić information content (AvgIpc) is 2.65. The topological polar surface area (TPSA) is 99.7 Å². The largest absolute Gasteiger partial charge is 0.493 e. The van der Waals surface area contributed by atoms with Gasteiger partial charge in [0.1, 0.15) is 5.75 Å². The van der Waals surface area contributed by atoms with Crippen molar-refractivity contribution in [2.24, 2.45) is 5.92 Å². The molecule has 26 heavy (non-hydrogen) atoms. The molecule has 1 aromatic rings. The van der Waals surface area contributed by atoms with Crippen LogP contribution in [0.25, 0.3) is 0 Å². The molecule has 7 heteroatoms. The fourth-order valence-electron chi connectivity index (χ4n) is 2.73. The Morgan fingerprint density at radius 3 is 2.92 bits per heavy atom. The number of aliphatic hydroxyl groups is 1. The Morgan fingerprint density at radius 2 is 2.19 bits per heavy atom. The third kappa shape index (κ3) is 5.71. The highest BCUT2D eigenvalue weighted by Gasteiger charge is 2.22. The lowest BCUT2D eigenvalue weighted by Gasteiger charge is -2.23. The molecule has 1 unspecified atom stereocenters. The molecule has 0 aromatic heterocycles. The van der Waals surface area contributed by atoms with Gasteiger partial charge in [0.15, 0.2) is 0 Å². The lowest BCUT2D eigenvalue weighted by Crippen LogP contribution is -2.25. The quantitative estimate of drug-likeness (QED) is 0.476. The van der Waals surface area contributed by atoms with Crippen molar-refractivity contribution in [1.29, 1.82) is 0 Å². The van der Waals surface area contributed by atoms with E-state index in [2.05, 4.69) is 16.0 Å². The van der Waals surface area contributed by atoms with Crippen LogP contribution in [0.3, 0.4) is 0 Å². The Balaban J connectivity index is 1.95. The second-order valence-corrected chi connectivity index (χ2v) is 6.61. The molecule has 0 radical (unpaired) electrons. The first-order valence-corrected chi connectivity index (χ1v) is 9.25. The van der Waals surface area contributed by atoms with Gasteiger partial charge in [0.05, 0.1) is 18.0 Å². The van der Waals surface area contributed by atoms with Gasteiger partial charge in [0.25, 0.3) is 0 Å². The third-order valence-electron chi connectivity index (χ3n) is 4.29. The second-order valence-electron chi connectivity index (χ2n) is 6.61. The van der Waals surface area contributed by atoms with Crippen molar-refractivity contribution in [1.82, 2.24) is 5.32 Å². The normalized spacial score (nSPS) is 14.3. The zero-order valence-corrected chi connectivity index (χ0v) is 15.6. The van der Waals surface area contributed by atoms with Gasteiger partial charge in [0, 0.05) is 25.0 Å². The lowest BCUT2D eigenvalue weighted by molar-refractivity contribution is -0.117. The molecule has 4 N–H and O–H groups in total. The Labute approximate surface area is 154 Å². The number of anilines is 2. The number of ether oxygens (including phenoxy) is 1. The highest BCUT2D eigenvalue weighted by atomic mass is 16.5. The number of carbonyl (C=O) groups excluding carboxylic acids is 2. The molecule has 7 nitrogen and oxygen atoms in total. The van der Waals surface area contributed by atoms with Crippen molar-refractivity contribution >= 4 is 23.2 Å². The van der Waals surface area contributed by atoms with Crippen molar-refractivity contribution in [2.45, 2.75) is 39.5 Å². The standard InChI is InChI=1S/C19H29N3O4/c1-3-17(24)21-15-6-7-16(14-5-8-18(25)22-19(14)15)26-10-4-9-20-11-13(2)12-23/h6-7,13,20,23H,3-5,8-12H2,1-2H3,(H,21,24)(H,22,25). The van der Waals surface area contributed by atoms with Crippen LogP contribution in [0, 0.1) is 5.92 Å². The molecule has 0 saturated carbocycles. The number of hydrogen-bond donors (Lipinski definition) is 4. The number of amides is 2. The van der Waals surface area contributed by atoms with Gasteiger partial charge in [-0.25, -0.2) is 0 Å². The van der Waals surface area contributed by atoms with Gasteiger partial charge in [0.2, 0.25) is 11.8 Å². The van der Waals surface area contributed by atoms with E-state index in [-0.39, 0.29) is 24.3 Å². The summed E-state index contributed by atoms with van der Waals surface area (Å²) in [7, 11) is 0. The van der Waals surface area contributed by atoms with E-state index in [1.165, 1.54) is 0 Å². The van der Waals surface area contributed by atoms with Crippen LogP contribution in [0.1, 0.15) is 38.7 Å². The summed E-state index contributed by atoms with van der Waals surface area (Å²) >= 11 is 0. The smallest absolute Gasteiger partial charge is 0.224 e. The summed E-state index contributed by atoms with van der Waals surface area (Å²) in [5.41, 5.74) is 2.20. The highest BCUT2D eigenvalue weighted by Crippen LogP contribution is 2.37. The molecular formula is C19H29N3O4. The molecule has 2 rings (SSSR count). The molecule has 0 aliphatic carbocycles. The summed E-state index contributed by atoms with van der Waals surface area (Å²) in [5.74, 6) is 0.850. The summed E-state index contributed by atoms with van der Waals surface area (Å²) in [6.07, 6.45) is 2.23. The number of carbonyl (C=O) groups is 2. The van der Waals surface area contributed by atoms with Crippen LogP contribution >= 0.6 is 0 Å². The molecule has 2 amide bonds. The molecule has 1 atom stereocenters. The minimum Gasteiger partial charge on any atom is -0.493 e. The summed E-state index contributed by atoms with van der Waals surface area (Å²) in [6, 6.07) is 3.62. The fraction of sp³-hybridized carbons (Fsp3) is 0.579. The zero-order chi connectivity index (χ0) is 18.9. The maximum absolute atomic E-state index is 11.8. The summed E-state index contributed by atoms with van der Waals surface area (Å²) in [6.45, 7) is 6.11. The Kier molecular flexibility index (Phi) is 7.87. The Bertz CT molecular complexity index is 633. The monoisotopic (exact) mass is 363 g/mol. The first-order valence-electron chi connectivity index (χ1n) is 9.25. The summed E-state index contributed by atoms with van der Waals surface area (Å²) in [5, 5.41) is 18.0. The van der Waals surface area contributed by atoms with Gasteiger partial charge >= 0.3 is 0 Å². The van der Waals surface area contributed by atoms with Crippen LogP contribution in [-0.4, -0.2) is 43.2 Å². The fourth-order valence-corrected chi connectivity index (χ4v) is 2.73. The molecular weight excluding hydrogens is 334 g/mol. The van der Waals surface area contributed by atoms with E-state index in [1.807, 2.05) is 13.0 Å². The predicted molar refractivity (Wildman–Crippen MR) is 102 cm³/mol. The van der Waals surface area contributed by atoms with E-state index in [1.54, 1.807) is 13.0 Å². The molecule has 1 aliphatic heterocycles. The Hall–Kier alpha value is -2.12. The minimum absolute atomic E-state index is 0.0520. The number of fused-ring (bicyclic) bond motifs is 1. The van der Waals surface area contributed by atoms with E-state index in [4.69, 9.17) is 9.84 Å². The predicted octanol–water partition coefficient (Wildman–Crippen LogP) is 1.91. The van der Waals surface area contributed by atoms with Crippen LogP contribution in [-0.2, 0) is 16.0 Å². The van der Waals surface area contributed by atoms with Crippen LogP contribution in [0.2, 0.25) is 0 Å². The zero-order valence-electron chi connectivity index (χ0n) is 15.6. The summed E-state index contributed by atoms with van der Waals surface area (Å²) < 4.78 is 5.91. The SMILES string of the molecule is CCC(=O)Nc1ccc(OCCCNCC(C)CO)c2c1NC(=O)CC2. The van der Waals surface area contributed by atoms with Crippen LogP contribution in [0.5, 0.6) is 5.75 Å². The number of hydrogen-bond acceptors (Lipinski definition) is 5. The minimum atomic E-state index is -0.0936. The van der Waals surface area contributed by atoms with Crippen molar-refractivity contribution in [2.75, 3.05) is 36.9 Å². The first kappa shape index (κ1) is 20.2. The molecule has 1 aromatic carbocycles. The van der Waals surface area contributed by atoms with Gasteiger partial charge in [-0.05, 0) is 44.0 Å². The maximum Gasteiger partial charge on any atom is 0.224 e. The van der Waals surface area contributed by atoms with Crippen LogP contribution in [0.15, 0.2) is 12.1 Å². The van der Waals surface area contributed by atoms with E-state index >= 15 is 0 Å². The molecule has 1 heterocycles. The van der Waals surface area contributed by atoms with Gasteiger partial charge in [-0.3, -0.25) is 9.59 Å². The van der Waals surface area contributed by atoms with E-state index in [9.17, 15) is 9.59 Å². The maximum atomic E-state index is 11.8. The Morgan fingerprint density at radius 1 is 1.38 bits per heavy atom. The number of aliphatic hydroxyl groups excluding tert-OH is 1. The van der Waals surface area contributed by atoms with Crippen LogP contribution < -0.4 is 20.7 Å². The van der Waals surface area contributed by atoms with Crippen molar-refractivity contribution < 1.29 is 19.4 Å². The number of benzene rings is 1. The molecule has 0 bridgehead atoms. The lowest BCUT2D eigenvalue weighted by atomic mass is 10.0. The van der Waals surface area contributed by atoms with Gasteiger partial charge < -0.3 is 25.8 Å². The number of nitrogens with one attached hydrogen (secondary N) is 3. The van der Waals surface area contributed by atoms with E-state index in [0.717, 1.165) is 30.8 Å².